The Bertz CT molecular complexity index is 1020. The van der Waals surface area contributed by atoms with Gasteiger partial charge in [-0.1, -0.05) is 0 Å². The summed E-state index contributed by atoms with van der Waals surface area (Å²) < 4.78 is 6.12. The lowest BCUT2D eigenvalue weighted by molar-refractivity contribution is 0.0531. The van der Waals surface area contributed by atoms with E-state index in [1.54, 1.807) is 26.0 Å². The van der Waals surface area contributed by atoms with E-state index < -0.39 is 5.97 Å². The molecule has 0 fully saturated rings. The van der Waals surface area contributed by atoms with Crippen LogP contribution in [0.1, 0.15) is 27.7 Å². The third-order valence-electron chi connectivity index (χ3n) is 3.52. The van der Waals surface area contributed by atoms with Gasteiger partial charge in [-0.05, 0) is 49.2 Å². The van der Waals surface area contributed by atoms with E-state index in [1.807, 2.05) is 0 Å². The monoisotopic (exact) mass is 357 g/mol. The molecule has 3 aromatic rings. The lowest BCUT2D eigenvalue weighted by Gasteiger charge is -2.00. The van der Waals surface area contributed by atoms with Crippen LogP contribution in [0.15, 0.2) is 40.5 Å². The third-order valence-corrected chi connectivity index (χ3v) is 4.70. The molecule has 7 nitrogen and oxygen atoms in total. The molecule has 0 saturated heterocycles. The summed E-state index contributed by atoms with van der Waals surface area (Å²) in [5.74, 6) is -0.306. The SMILES string of the molecule is CCOC(=O)c1sc2ncn(N=Cc3ccc(O)cc3)c(=O)c2c1C. The Labute approximate surface area is 146 Å². The summed E-state index contributed by atoms with van der Waals surface area (Å²) in [6.07, 6.45) is 2.80. The number of carbonyl (C=O) groups excluding carboxylic acids is 1. The first-order valence-electron chi connectivity index (χ1n) is 7.52. The second-order valence-electron chi connectivity index (χ2n) is 5.19. The lowest BCUT2D eigenvalue weighted by atomic mass is 10.2. The number of fused-ring (bicyclic) bond motifs is 1. The van der Waals surface area contributed by atoms with Gasteiger partial charge in [-0.3, -0.25) is 4.79 Å². The van der Waals surface area contributed by atoms with E-state index in [-0.39, 0.29) is 17.9 Å². The number of phenols is 1. The first-order chi connectivity index (χ1) is 12.0. The van der Waals surface area contributed by atoms with E-state index >= 15 is 0 Å². The number of hydrogen-bond acceptors (Lipinski definition) is 7. The Kier molecular flexibility index (Phi) is 4.62. The largest absolute Gasteiger partial charge is 0.508 e. The number of nitrogens with zero attached hydrogens (tertiary/aromatic N) is 3. The molecule has 1 N–H and O–H groups in total. The minimum absolute atomic E-state index is 0.151. The zero-order chi connectivity index (χ0) is 18.0. The van der Waals surface area contributed by atoms with E-state index in [2.05, 4.69) is 10.1 Å². The number of aromatic hydroxyl groups is 1. The number of benzene rings is 1. The Balaban J connectivity index is 2.02. The maximum absolute atomic E-state index is 12.6. The van der Waals surface area contributed by atoms with Gasteiger partial charge in [-0.2, -0.15) is 9.78 Å². The second-order valence-corrected chi connectivity index (χ2v) is 6.19. The molecule has 0 saturated carbocycles. The van der Waals surface area contributed by atoms with Gasteiger partial charge < -0.3 is 9.84 Å². The predicted octanol–water partition coefficient (Wildman–Crippen LogP) is 2.53. The molecule has 0 amide bonds. The number of esters is 1. The van der Waals surface area contributed by atoms with Gasteiger partial charge in [0.25, 0.3) is 5.56 Å². The highest BCUT2D eigenvalue weighted by atomic mass is 32.1. The molecule has 0 aliphatic heterocycles. The molecule has 3 rings (SSSR count). The van der Waals surface area contributed by atoms with Crippen molar-refractivity contribution in [2.75, 3.05) is 6.61 Å². The van der Waals surface area contributed by atoms with Crippen LogP contribution in [0, 0.1) is 6.92 Å². The van der Waals surface area contributed by atoms with Crippen LogP contribution in [0.25, 0.3) is 10.2 Å². The van der Waals surface area contributed by atoms with E-state index in [4.69, 9.17) is 4.74 Å². The molecule has 0 atom stereocenters. The van der Waals surface area contributed by atoms with Crippen molar-refractivity contribution in [1.29, 1.82) is 0 Å². The van der Waals surface area contributed by atoms with Crippen LogP contribution in [0.4, 0.5) is 0 Å². The van der Waals surface area contributed by atoms with Crippen molar-refractivity contribution in [2.45, 2.75) is 13.8 Å². The standard InChI is InChI=1S/C17H15N3O4S/c1-3-24-17(23)14-10(2)13-15(25-14)18-9-20(16(13)22)19-8-11-4-6-12(21)7-5-11/h4-9,21H,3H2,1-2H3. The zero-order valence-electron chi connectivity index (χ0n) is 13.6. The van der Waals surface area contributed by atoms with Crippen LogP contribution in [-0.2, 0) is 4.74 Å². The van der Waals surface area contributed by atoms with Crippen molar-refractivity contribution in [3.63, 3.8) is 0 Å². The summed E-state index contributed by atoms with van der Waals surface area (Å²) in [7, 11) is 0. The molecule has 0 aliphatic rings. The van der Waals surface area contributed by atoms with Crippen molar-refractivity contribution < 1.29 is 14.6 Å². The summed E-state index contributed by atoms with van der Waals surface area (Å²) in [4.78, 5) is 29.7. The van der Waals surface area contributed by atoms with Gasteiger partial charge in [0.1, 0.15) is 21.8 Å². The molecular formula is C17H15N3O4S. The van der Waals surface area contributed by atoms with Crippen LogP contribution in [0.5, 0.6) is 5.75 Å². The maximum Gasteiger partial charge on any atom is 0.348 e. The number of ether oxygens (including phenoxy) is 1. The van der Waals surface area contributed by atoms with Crippen molar-refractivity contribution in [2.24, 2.45) is 5.10 Å². The fourth-order valence-electron chi connectivity index (χ4n) is 2.28. The highest BCUT2D eigenvalue weighted by Crippen LogP contribution is 2.27. The Hall–Kier alpha value is -3.00. The van der Waals surface area contributed by atoms with Crippen LogP contribution < -0.4 is 5.56 Å². The van der Waals surface area contributed by atoms with Crippen molar-refractivity contribution in [1.82, 2.24) is 9.66 Å². The number of hydrogen-bond donors (Lipinski definition) is 1. The molecule has 2 aromatic heterocycles. The quantitative estimate of drug-likeness (QED) is 0.572. The molecule has 25 heavy (non-hydrogen) atoms. The van der Waals surface area contributed by atoms with E-state index in [0.29, 0.717) is 20.7 Å². The fourth-order valence-corrected chi connectivity index (χ4v) is 3.31. The van der Waals surface area contributed by atoms with Gasteiger partial charge in [0.15, 0.2) is 0 Å². The van der Waals surface area contributed by atoms with Crippen molar-refractivity contribution >= 4 is 33.7 Å². The lowest BCUT2D eigenvalue weighted by Crippen LogP contribution is -2.17. The summed E-state index contributed by atoms with van der Waals surface area (Å²) in [5, 5.41) is 13.7. The van der Waals surface area contributed by atoms with Gasteiger partial charge in [-0.25, -0.2) is 9.78 Å². The van der Waals surface area contributed by atoms with Crippen molar-refractivity contribution in [3.05, 3.63) is 57.0 Å². The molecule has 128 valence electrons. The molecule has 0 radical (unpaired) electrons. The van der Waals surface area contributed by atoms with Gasteiger partial charge in [0, 0.05) is 0 Å². The first-order valence-corrected chi connectivity index (χ1v) is 8.34. The highest BCUT2D eigenvalue weighted by Gasteiger charge is 2.20. The number of thiophene rings is 1. The number of phenolic OH excluding ortho intramolecular Hbond substituents is 1. The van der Waals surface area contributed by atoms with E-state index in [9.17, 15) is 14.7 Å². The fraction of sp³-hybridized carbons (Fsp3) is 0.176. The minimum Gasteiger partial charge on any atom is -0.508 e. The molecular weight excluding hydrogens is 342 g/mol. The Morgan fingerprint density at radius 3 is 2.80 bits per heavy atom. The number of carbonyl (C=O) groups is 1. The van der Waals surface area contributed by atoms with Gasteiger partial charge in [0.05, 0.1) is 18.2 Å². The molecule has 0 spiro atoms. The average Bonchev–Trinajstić information content (AvgIpc) is 2.94. The van der Waals surface area contributed by atoms with Crippen molar-refractivity contribution in [3.8, 4) is 5.75 Å². The normalized spacial score (nSPS) is 11.3. The summed E-state index contributed by atoms with van der Waals surface area (Å²) in [6.45, 7) is 3.69. The number of rotatable bonds is 4. The van der Waals surface area contributed by atoms with Crippen LogP contribution in [0.3, 0.4) is 0 Å². The van der Waals surface area contributed by atoms with E-state index in [1.165, 1.54) is 24.7 Å². The average molecular weight is 357 g/mol. The molecule has 1 aromatic carbocycles. The molecule has 8 heteroatoms. The molecule has 0 unspecified atom stereocenters. The summed E-state index contributed by atoms with van der Waals surface area (Å²) in [6, 6.07) is 6.40. The summed E-state index contributed by atoms with van der Waals surface area (Å²) in [5.41, 5.74) is 0.911. The summed E-state index contributed by atoms with van der Waals surface area (Å²) >= 11 is 1.13. The van der Waals surface area contributed by atoms with Crippen LogP contribution in [-0.4, -0.2) is 33.6 Å². The van der Waals surface area contributed by atoms with Crippen LogP contribution in [0.2, 0.25) is 0 Å². The molecule has 2 heterocycles. The number of aromatic nitrogens is 2. The molecule has 0 bridgehead atoms. The van der Waals surface area contributed by atoms with Gasteiger partial charge in [0.2, 0.25) is 0 Å². The smallest absolute Gasteiger partial charge is 0.348 e. The van der Waals surface area contributed by atoms with Gasteiger partial charge in [-0.15, -0.1) is 11.3 Å². The third kappa shape index (κ3) is 3.29. The first kappa shape index (κ1) is 16.8. The number of aryl methyl sites for hydroxylation is 1. The predicted molar refractivity (Wildman–Crippen MR) is 95.7 cm³/mol. The topological polar surface area (TPSA) is 93.8 Å². The zero-order valence-corrected chi connectivity index (χ0v) is 14.4. The molecule has 0 aliphatic carbocycles. The maximum atomic E-state index is 12.6. The highest BCUT2D eigenvalue weighted by molar-refractivity contribution is 7.20. The minimum atomic E-state index is -0.457. The van der Waals surface area contributed by atoms with E-state index in [0.717, 1.165) is 21.6 Å². The van der Waals surface area contributed by atoms with Crippen LogP contribution >= 0.6 is 11.3 Å². The second kappa shape index (κ2) is 6.86. The Morgan fingerprint density at radius 1 is 1.40 bits per heavy atom. The Morgan fingerprint density at radius 2 is 2.12 bits per heavy atom. The van der Waals surface area contributed by atoms with Gasteiger partial charge >= 0.3 is 5.97 Å².